The van der Waals surface area contributed by atoms with Crippen LogP contribution >= 0.6 is 11.3 Å². The predicted octanol–water partition coefficient (Wildman–Crippen LogP) is 3.65. The summed E-state index contributed by atoms with van der Waals surface area (Å²) in [6.45, 7) is 1.76. The molecule has 0 fully saturated rings. The maximum absolute atomic E-state index is 14.7. The SMILES string of the molecule is Cc1noc2cc(F)c(-n3cnc4c(sc5nccc(N(C)C)c54)c3=O)cc12. The largest absolute Gasteiger partial charge is 0.377 e. The van der Waals surface area contributed by atoms with Crippen molar-refractivity contribution in [2.24, 2.45) is 0 Å². The van der Waals surface area contributed by atoms with E-state index >= 15 is 0 Å². The fraction of sp³-hybridized carbons (Fsp3) is 0.158. The Bertz CT molecular complexity index is 1450. The molecule has 0 aliphatic rings. The lowest BCUT2D eigenvalue weighted by Gasteiger charge is -2.13. The summed E-state index contributed by atoms with van der Waals surface area (Å²) in [4.78, 5) is 24.7. The molecule has 5 aromatic rings. The summed E-state index contributed by atoms with van der Waals surface area (Å²) in [7, 11) is 3.84. The first-order chi connectivity index (χ1) is 13.5. The number of pyridine rings is 1. The van der Waals surface area contributed by atoms with Crippen molar-refractivity contribution in [1.82, 2.24) is 19.7 Å². The maximum atomic E-state index is 14.7. The monoisotopic (exact) mass is 395 g/mol. The highest BCUT2D eigenvalue weighted by atomic mass is 32.1. The second kappa shape index (κ2) is 5.83. The first-order valence-corrected chi connectivity index (χ1v) is 9.29. The number of halogens is 1. The lowest BCUT2D eigenvalue weighted by Crippen LogP contribution is -2.19. The summed E-state index contributed by atoms with van der Waals surface area (Å²) < 4.78 is 21.4. The molecular formula is C19H14FN5O2S. The Labute approximate surface area is 161 Å². The smallest absolute Gasteiger partial charge is 0.276 e. The van der Waals surface area contributed by atoms with E-state index in [2.05, 4.69) is 15.1 Å². The molecule has 140 valence electrons. The molecule has 4 aromatic heterocycles. The summed E-state index contributed by atoms with van der Waals surface area (Å²) in [6, 6.07) is 4.67. The molecule has 0 saturated carbocycles. The molecule has 0 saturated heterocycles. The van der Waals surface area contributed by atoms with E-state index in [4.69, 9.17) is 4.52 Å². The zero-order valence-corrected chi connectivity index (χ0v) is 16.0. The van der Waals surface area contributed by atoms with Gasteiger partial charge in [-0.15, -0.1) is 11.3 Å². The van der Waals surface area contributed by atoms with E-state index in [9.17, 15) is 9.18 Å². The molecule has 1 aromatic carbocycles. The number of rotatable bonds is 2. The summed E-state index contributed by atoms with van der Waals surface area (Å²) in [5.74, 6) is -0.583. The Morgan fingerprint density at radius 2 is 2.07 bits per heavy atom. The number of anilines is 1. The maximum Gasteiger partial charge on any atom is 0.276 e. The van der Waals surface area contributed by atoms with Crippen LogP contribution in [0.3, 0.4) is 0 Å². The minimum atomic E-state index is -0.583. The van der Waals surface area contributed by atoms with E-state index in [1.807, 2.05) is 25.1 Å². The molecule has 0 bridgehead atoms. The average Bonchev–Trinajstić information content (AvgIpc) is 3.22. The van der Waals surface area contributed by atoms with Gasteiger partial charge in [0.2, 0.25) is 0 Å². The number of hydrogen-bond donors (Lipinski definition) is 0. The average molecular weight is 395 g/mol. The number of fused-ring (bicyclic) bond motifs is 4. The molecule has 0 atom stereocenters. The van der Waals surface area contributed by atoms with Crippen molar-refractivity contribution in [3.63, 3.8) is 0 Å². The van der Waals surface area contributed by atoms with Crippen molar-refractivity contribution in [1.29, 1.82) is 0 Å². The third-order valence-electron chi connectivity index (χ3n) is 4.72. The van der Waals surface area contributed by atoms with Crippen LogP contribution in [0.5, 0.6) is 0 Å². The van der Waals surface area contributed by atoms with Gasteiger partial charge in [0.15, 0.2) is 11.4 Å². The molecule has 5 rings (SSSR count). The van der Waals surface area contributed by atoms with Gasteiger partial charge in [-0.05, 0) is 19.1 Å². The van der Waals surface area contributed by atoms with Crippen LogP contribution in [0.1, 0.15) is 5.69 Å². The Balaban J connectivity index is 1.83. The number of nitrogens with zero attached hydrogens (tertiary/aromatic N) is 5. The first kappa shape index (κ1) is 16.8. The number of aryl methyl sites for hydroxylation is 1. The van der Waals surface area contributed by atoms with Crippen molar-refractivity contribution < 1.29 is 8.91 Å². The van der Waals surface area contributed by atoms with Crippen LogP contribution in [0.4, 0.5) is 10.1 Å². The van der Waals surface area contributed by atoms with Gasteiger partial charge in [0.1, 0.15) is 15.9 Å². The van der Waals surface area contributed by atoms with E-state index in [1.54, 1.807) is 19.2 Å². The van der Waals surface area contributed by atoms with E-state index in [1.165, 1.54) is 28.3 Å². The van der Waals surface area contributed by atoms with E-state index in [0.29, 0.717) is 31.7 Å². The van der Waals surface area contributed by atoms with Crippen molar-refractivity contribution >= 4 is 48.4 Å². The van der Waals surface area contributed by atoms with Crippen molar-refractivity contribution in [2.45, 2.75) is 6.92 Å². The molecule has 7 nitrogen and oxygen atoms in total. The Hall–Kier alpha value is -3.33. The summed E-state index contributed by atoms with van der Waals surface area (Å²) in [5, 5.41) is 5.31. The third-order valence-corrected chi connectivity index (χ3v) is 5.80. The molecule has 0 aliphatic heterocycles. The Morgan fingerprint density at radius 1 is 1.25 bits per heavy atom. The number of thiophene rings is 1. The number of benzene rings is 1. The van der Waals surface area contributed by atoms with Crippen LogP contribution in [0.2, 0.25) is 0 Å². The van der Waals surface area contributed by atoms with Crippen LogP contribution in [-0.2, 0) is 0 Å². The van der Waals surface area contributed by atoms with Crippen molar-refractivity contribution in [3.8, 4) is 5.69 Å². The summed E-state index contributed by atoms with van der Waals surface area (Å²) >= 11 is 1.26. The standard InChI is InChI=1S/C19H14FN5O2S/c1-9-10-6-13(11(20)7-14(10)27-23-9)25-8-22-16-15-12(24(2)3)4-5-21-18(15)28-17(16)19(25)26/h4-8H,1-3H3. The minimum Gasteiger partial charge on any atom is -0.377 e. The number of hydrogen-bond acceptors (Lipinski definition) is 7. The molecule has 0 unspecified atom stereocenters. The van der Waals surface area contributed by atoms with Crippen molar-refractivity contribution in [2.75, 3.05) is 19.0 Å². The van der Waals surface area contributed by atoms with Crippen LogP contribution in [0, 0.1) is 12.7 Å². The van der Waals surface area contributed by atoms with E-state index in [-0.39, 0.29) is 11.2 Å². The minimum absolute atomic E-state index is 0.108. The molecule has 9 heteroatoms. The highest BCUT2D eigenvalue weighted by Gasteiger charge is 2.19. The fourth-order valence-electron chi connectivity index (χ4n) is 3.33. The van der Waals surface area contributed by atoms with Gasteiger partial charge in [0.25, 0.3) is 5.56 Å². The summed E-state index contributed by atoms with van der Waals surface area (Å²) in [6.07, 6.45) is 3.06. The molecule has 4 heterocycles. The number of aromatic nitrogens is 4. The zero-order valence-electron chi connectivity index (χ0n) is 15.2. The van der Waals surface area contributed by atoms with E-state index < -0.39 is 5.82 Å². The van der Waals surface area contributed by atoms with E-state index in [0.717, 1.165) is 11.1 Å². The molecule has 28 heavy (non-hydrogen) atoms. The summed E-state index contributed by atoms with van der Waals surface area (Å²) in [5.41, 5.74) is 2.22. The second-order valence-corrected chi connectivity index (χ2v) is 7.67. The predicted molar refractivity (Wildman–Crippen MR) is 107 cm³/mol. The highest BCUT2D eigenvalue weighted by Crippen LogP contribution is 2.35. The van der Waals surface area contributed by atoms with Gasteiger partial charge in [-0.1, -0.05) is 5.16 Å². The van der Waals surface area contributed by atoms with Crippen LogP contribution in [0.15, 0.2) is 40.0 Å². The van der Waals surface area contributed by atoms with Gasteiger partial charge in [-0.25, -0.2) is 14.4 Å². The van der Waals surface area contributed by atoms with Crippen LogP contribution < -0.4 is 10.5 Å². The third kappa shape index (κ3) is 2.26. The lowest BCUT2D eigenvalue weighted by molar-refractivity contribution is 0.448. The fourth-order valence-corrected chi connectivity index (χ4v) is 4.38. The van der Waals surface area contributed by atoms with Gasteiger partial charge >= 0.3 is 0 Å². The molecule has 0 N–H and O–H groups in total. The van der Waals surface area contributed by atoms with Crippen LogP contribution in [0.25, 0.3) is 37.1 Å². The first-order valence-electron chi connectivity index (χ1n) is 8.48. The molecule has 0 spiro atoms. The van der Waals surface area contributed by atoms with Gasteiger partial charge in [-0.2, -0.15) is 0 Å². The Morgan fingerprint density at radius 3 is 2.86 bits per heavy atom. The molecule has 0 radical (unpaired) electrons. The van der Waals surface area contributed by atoms with Gasteiger partial charge < -0.3 is 9.42 Å². The normalized spacial score (nSPS) is 11.7. The highest BCUT2D eigenvalue weighted by molar-refractivity contribution is 7.25. The lowest BCUT2D eigenvalue weighted by atomic mass is 10.2. The molecule has 0 amide bonds. The van der Waals surface area contributed by atoms with Gasteiger partial charge in [0.05, 0.1) is 28.0 Å². The molecular weight excluding hydrogens is 381 g/mol. The zero-order chi connectivity index (χ0) is 19.6. The topological polar surface area (TPSA) is 77.1 Å². The molecule has 0 aliphatic carbocycles. The van der Waals surface area contributed by atoms with Gasteiger partial charge in [0, 0.05) is 31.7 Å². The van der Waals surface area contributed by atoms with Crippen molar-refractivity contribution in [3.05, 3.63) is 52.6 Å². The second-order valence-electron chi connectivity index (χ2n) is 6.67. The van der Waals surface area contributed by atoms with Gasteiger partial charge in [-0.3, -0.25) is 9.36 Å². The quantitative estimate of drug-likeness (QED) is 0.454. The Kier molecular flexibility index (Phi) is 3.50. The van der Waals surface area contributed by atoms with Crippen LogP contribution in [-0.4, -0.2) is 33.8 Å².